The van der Waals surface area contributed by atoms with Crippen LogP contribution < -0.4 is 15.6 Å². The third-order valence-corrected chi connectivity index (χ3v) is 2.92. The molecule has 108 valence electrons. The van der Waals surface area contributed by atoms with Crippen molar-refractivity contribution in [3.63, 3.8) is 0 Å². The van der Waals surface area contributed by atoms with Crippen LogP contribution in [-0.4, -0.2) is 6.61 Å². The van der Waals surface area contributed by atoms with Crippen LogP contribution in [0.15, 0.2) is 54.6 Å². The molecule has 0 atom stereocenters. The number of anilines is 1. The number of nitriles is 1. The molecule has 0 aliphatic rings. The van der Waals surface area contributed by atoms with E-state index in [1.165, 1.54) is 5.56 Å². The van der Waals surface area contributed by atoms with Crippen molar-refractivity contribution in [2.75, 3.05) is 12.0 Å². The quantitative estimate of drug-likeness (QED) is 0.574. The highest BCUT2D eigenvalue weighted by Crippen LogP contribution is 2.12. The summed E-state index contributed by atoms with van der Waals surface area (Å²) >= 11 is 0. The van der Waals surface area contributed by atoms with E-state index in [0.717, 1.165) is 24.4 Å². The second-order valence-corrected chi connectivity index (χ2v) is 4.60. The molecule has 0 aliphatic carbocycles. The zero-order valence-electron chi connectivity index (χ0n) is 11.9. The molecule has 2 rings (SSSR count). The van der Waals surface area contributed by atoms with Crippen molar-refractivity contribution >= 4 is 5.69 Å². The molecular formula is C17H19N3O. The van der Waals surface area contributed by atoms with Gasteiger partial charge < -0.3 is 10.2 Å². The van der Waals surface area contributed by atoms with Crippen molar-refractivity contribution in [3.05, 3.63) is 60.2 Å². The highest BCUT2D eigenvalue weighted by Gasteiger charge is 1.96. The second kappa shape index (κ2) is 8.62. The molecule has 0 fully saturated rings. The van der Waals surface area contributed by atoms with Crippen LogP contribution in [0.1, 0.15) is 18.4 Å². The molecule has 0 aliphatic heterocycles. The van der Waals surface area contributed by atoms with Gasteiger partial charge in [0.05, 0.1) is 12.7 Å². The Balaban J connectivity index is 1.71. The number of hydrogen-bond donors (Lipinski definition) is 2. The van der Waals surface area contributed by atoms with Crippen LogP contribution in [-0.2, 0) is 6.54 Å². The third-order valence-electron chi connectivity index (χ3n) is 2.92. The van der Waals surface area contributed by atoms with Crippen molar-refractivity contribution in [2.24, 2.45) is 0 Å². The largest absolute Gasteiger partial charge is 0.494 e. The maximum absolute atomic E-state index is 8.45. The molecule has 0 unspecified atom stereocenters. The number of nitrogens with zero attached hydrogens (tertiary/aromatic N) is 1. The topological polar surface area (TPSA) is 57.1 Å². The average molecular weight is 281 g/mol. The summed E-state index contributed by atoms with van der Waals surface area (Å²) in [6.45, 7) is 1.31. The second-order valence-electron chi connectivity index (χ2n) is 4.60. The highest BCUT2D eigenvalue weighted by molar-refractivity contribution is 5.41. The molecule has 0 aromatic heterocycles. The first kappa shape index (κ1) is 14.9. The molecule has 0 bridgehead atoms. The fourth-order valence-electron chi connectivity index (χ4n) is 1.81. The number of para-hydroxylation sites is 1. The predicted octanol–water partition coefficient (Wildman–Crippen LogP) is 3.49. The van der Waals surface area contributed by atoms with Gasteiger partial charge in [-0.25, -0.2) is 5.43 Å². The van der Waals surface area contributed by atoms with E-state index in [4.69, 9.17) is 10.00 Å². The van der Waals surface area contributed by atoms with Gasteiger partial charge in [0.15, 0.2) is 0 Å². The summed E-state index contributed by atoms with van der Waals surface area (Å²) in [7, 11) is 0. The van der Waals surface area contributed by atoms with Crippen LogP contribution >= 0.6 is 0 Å². The van der Waals surface area contributed by atoms with E-state index in [9.17, 15) is 0 Å². The van der Waals surface area contributed by atoms with E-state index in [-0.39, 0.29) is 0 Å². The predicted molar refractivity (Wildman–Crippen MR) is 83.7 cm³/mol. The lowest BCUT2D eigenvalue weighted by atomic mass is 10.2. The minimum absolute atomic E-state index is 0.535. The van der Waals surface area contributed by atoms with Gasteiger partial charge in [0.25, 0.3) is 0 Å². The van der Waals surface area contributed by atoms with Crippen molar-refractivity contribution in [1.29, 1.82) is 5.26 Å². The maximum Gasteiger partial charge on any atom is 0.119 e. The molecule has 0 saturated carbocycles. The number of unbranched alkanes of at least 4 members (excludes halogenated alkanes) is 1. The average Bonchev–Trinajstić information content (AvgIpc) is 2.54. The van der Waals surface area contributed by atoms with Gasteiger partial charge >= 0.3 is 0 Å². The normalized spacial score (nSPS) is 9.86. The minimum atomic E-state index is 0.535. The van der Waals surface area contributed by atoms with Gasteiger partial charge in [0, 0.05) is 18.7 Å². The fraction of sp³-hybridized carbons (Fsp3) is 0.235. The molecule has 2 N–H and O–H groups in total. The molecule has 0 saturated heterocycles. The SMILES string of the molecule is N#CCCCOc1ccc(CNNc2ccccc2)cc1. The maximum atomic E-state index is 8.45. The Morgan fingerprint density at radius 1 is 1.00 bits per heavy atom. The van der Waals surface area contributed by atoms with Crippen LogP contribution in [0, 0.1) is 11.3 Å². The Hall–Kier alpha value is -2.51. The fourth-order valence-corrected chi connectivity index (χ4v) is 1.81. The minimum Gasteiger partial charge on any atom is -0.494 e. The summed E-state index contributed by atoms with van der Waals surface area (Å²) < 4.78 is 5.55. The Morgan fingerprint density at radius 3 is 2.48 bits per heavy atom. The van der Waals surface area contributed by atoms with Crippen LogP contribution in [0.5, 0.6) is 5.75 Å². The van der Waals surface area contributed by atoms with Gasteiger partial charge in [-0.2, -0.15) is 5.26 Å². The van der Waals surface area contributed by atoms with Gasteiger partial charge in [-0.1, -0.05) is 30.3 Å². The molecule has 0 radical (unpaired) electrons. The molecule has 4 heteroatoms. The van der Waals surface area contributed by atoms with E-state index >= 15 is 0 Å². The number of hydrazine groups is 1. The number of benzene rings is 2. The molecule has 0 amide bonds. The molecule has 2 aromatic rings. The van der Waals surface area contributed by atoms with E-state index < -0.39 is 0 Å². The summed E-state index contributed by atoms with van der Waals surface area (Å²) in [4.78, 5) is 0. The first-order chi connectivity index (χ1) is 10.4. The molecule has 21 heavy (non-hydrogen) atoms. The molecule has 0 spiro atoms. The Morgan fingerprint density at radius 2 is 1.76 bits per heavy atom. The Bertz CT molecular complexity index is 561. The van der Waals surface area contributed by atoms with E-state index in [1.807, 2.05) is 54.6 Å². The van der Waals surface area contributed by atoms with Crippen LogP contribution in [0.4, 0.5) is 5.69 Å². The zero-order valence-corrected chi connectivity index (χ0v) is 11.9. The number of ether oxygens (including phenoxy) is 1. The Labute approximate surface area is 125 Å². The summed E-state index contributed by atoms with van der Waals surface area (Å²) in [6.07, 6.45) is 1.30. The number of rotatable bonds is 8. The first-order valence-electron chi connectivity index (χ1n) is 7.01. The Kier molecular flexibility index (Phi) is 6.11. The van der Waals surface area contributed by atoms with Gasteiger partial charge in [0.2, 0.25) is 0 Å². The zero-order chi connectivity index (χ0) is 14.8. The van der Waals surface area contributed by atoms with Gasteiger partial charge in [-0.3, -0.25) is 0 Å². The third kappa shape index (κ3) is 5.55. The monoisotopic (exact) mass is 281 g/mol. The smallest absolute Gasteiger partial charge is 0.119 e. The van der Waals surface area contributed by atoms with Crippen molar-refractivity contribution < 1.29 is 4.74 Å². The number of nitrogens with one attached hydrogen (secondary N) is 2. The van der Waals surface area contributed by atoms with E-state index in [0.29, 0.717) is 13.0 Å². The van der Waals surface area contributed by atoms with Crippen LogP contribution in [0.2, 0.25) is 0 Å². The van der Waals surface area contributed by atoms with Crippen molar-refractivity contribution in [3.8, 4) is 11.8 Å². The van der Waals surface area contributed by atoms with Crippen LogP contribution in [0.3, 0.4) is 0 Å². The molecule has 4 nitrogen and oxygen atoms in total. The lowest BCUT2D eigenvalue weighted by Crippen LogP contribution is -2.20. The summed E-state index contributed by atoms with van der Waals surface area (Å²) in [5.41, 5.74) is 8.52. The standard InChI is InChI=1S/C17H19N3O/c18-12-4-5-13-21-17-10-8-15(9-11-17)14-19-20-16-6-2-1-3-7-16/h1-3,6-11,19-20H,4-5,13-14H2. The number of hydrogen-bond acceptors (Lipinski definition) is 4. The van der Waals surface area contributed by atoms with Gasteiger partial charge in [-0.15, -0.1) is 0 Å². The highest BCUT2D eigenvalue weighted by atomic mass is 16.5. The lowest BCUT2D eigenvalue weighted by molar-refractivity contribution is 0.312. The summed E-state index contributed by atoms with van der Waals surface area (Å²) in [5, 5.41) is 8.45. The molecule has 2 aromatic carbocycles. The van der Waals surface area contributed by atoms with Gasteiger partial charge in [0.1, 0.15) is 5.75 Å². The summed E-state index contributed by atoms with van der Waals surface area (Å²) in [6, 6.07) is 20.0. The molecular weight excluding hydrogens is 262 g/mol. The lowest BCUT2D eigenvalue weighted by Gasteiger charge is -2.09. The van der Waals surface area contributed by atoms with E-state index in [2.05, 4.69) is 16.9 Å². The van der Waals surface area contributed by atoms with Crippen LogP contribution in [0.25, 0.3) is 0 Å². The van der Waals surface area contributed by atoms with E-state index in [1.54, 1.807) is 0 Å². The van der Waals surface area contributed by atoms with Gasteiger partial charge in [-0.05, 0) is 36.2 Å². The van der Waals surface area contributed by atoms with Crippen molar-refractivity contribution in [2.45, 2.75) is 19.4 Å². The molecule has 0 heterocycles. The summed E-state index contributed by atoms with van der Waals surface area (Å²) in [5.74, 6) is 0.840. The van der Waals surface area contributed by atoms with Crippen molar-refractivity contribution in [1.82, 2.24) is 5.43 Å². The first-order valence-corrected chi connectivity index (χ1v) is 7.01.